The average molecular weight is 368 g/mol. The van der Waals surface area contributed by atoms with E-state index in [1.54, 1.807) is 23.5 Å². The van der Waals surface area contributed by atoms with Gasteiger partial charge >= 0.3 is 0 Å². The van der Waals surface area contributed by atoms with Crippen LogP contribution in [0, 0.1) is 5.82 Å². The predicted octanol–water partition coefficient (Wildman–Crippen LogP) is 5.12. The van der Waals surface area contributed by atoms with Gasteiger partial charge in [0.25, 0.3) is 0 Å². The number of aryl methyl sites for hydroxylation is 1. The van der Waals surface area contributed by atoms with Gasteiger partial charge in [0.2, 0.25) is 5.91 Å². The highest BCUT2D eigenvalue weighted by atomic mass is 32.1. The van der Waals surface area contributed by atoms with Crippen LogP contribution in [0.2, 0.25) is 0 Å². The van der Waals surface area contributed by atoms with E-state index in [1.165, 1.54) is 16.8 Å². The molecule has 26 heavy (non-hydrogen) atoms. The van der Waals surface area contributed by atoms with Gasteiger partial charge in [-0.15, -0.1) is 11.3 Å². The number of carbonyl (C=O) groups is 1. The van der Waals surface area contributed by atoms with Gasteiger partial charge in [-0.2, -0.15) is 0 Å². The van der Waals surface area contributed by atoms with Crippen LogP contribution >= 0.6 is 11.3 Å². The lowest BCUT2D eigenvalue weighted by molar-refractivity contribution is -0.132. The van der Waals surface area contributed by atoms with Crippen molar-refractivity contribution in [1.29, 1.82) is 0 Å². The lowest BCUT2D eigenvalue weighted by atomic mass is 10.0. The summed E-state index contributed by atoms with van der Waals surface area (Å²) in [5, 5.41) is 1.09. The maximum atomic E-state index is 13.1. The Morgan fingerprint density at radius 1 is 1.19 bits per heavy atom. The van der Waals surface area contributed by atoms with E-state index in [2.05, 4.69) is 11.1 Å². The van der Waals surface area contributed by atoms with Crippen molar-refractivity contribution in [1.82, 2.24) is 9.88 Å². The van der Waals surface area contributed by atoms with Gasteiger partial charge in [-0.3, -0.25) is 4.79 Å². The quantitative estimate of drug-likeness (QED) is 0.626. The van der Waals surface area contributed by atoms with Crippen molar-refractivity contribution in [2.75, 3.05) is 6.54 Å². The maximum Gasteiger partial charge on any atom is 0.223 e. The highest BCUT2D eigenvalue weighted by molar-refractivity contribution is 7.18. The summed E-state index contributed by atoms with van der Waals surface area (Å²) in [5.74, 6) is -0.0432. The number of hydrogen-bond acceptors (Lipinski definition) is 3. The number of aromatic nitrogens is 1. The lowest BCUT2D eigenvalue weighted by Gasteiger charge is -2.25. The minimum atomic E-state index is -0.236. The molecular weight excluding hydrogens is 347 g/mol. The number of amides is 1. The Kier molecular flexibility index (Phi) is 4.98. The van der Waals surface area contributed by atoms with Gasteiger partial charge < -0.3 is 4.90 Å². The van der Waals surface area contributed by atoms with E-state index in [1.807, 2.05) is 23.1 Å². The molecule has 0 N–H and O–H groups in total. The predicted molar refractivity (Wildman–Crippen MR) is 103 cm³/mol. The molecule has 2 aromatic carbocycles. The van der Waals surface area contributed by atoms with E-state index in [0.29, 0.717) is 6.42 Å². The van der Waals surface area contributed by atoms with Crippen LogP contribution in [-0.4, -0.2) is 22.3 Å². The molecule has 3 aromatic rings. The van der Waals surface area contributed by atoms with Crippen molar-refractivity contribution in [3.8, 4) is 0 Å². The van der Waals surface area contributed by atoms with Gasteiger partial charge in [0, 0.05) is 13.0 Å². The Morgan fingerprint density at radius 2 is 2.00 bits per heavy atom. The average Bonchev–Trinajstić information content (AvgIpc) is 3.29. The Balaban J connectivity index is 1.35. The van der Waals surface area contributed by atoms with Crippen LogP contribution in [0.3, 0.4) is 0 Å². The van der Waals surface area contributed by atoms with Gasteiger partial charge in [0.05, 0.1) is 21.3 Å². The number of thiazole rings is 1. The first-order valence-corrected chi connectivity index (χ1v) is 9.92. The van der Waals surface area contributed by atoms with Crippen LogP contribution in [0.5, 0.6) is 0 Å². The Hall–Kier alpha value is -2.27. The van der Waals surface area contributed by atoms with E-state index in [0.717, 1.165) is 48.3 Å². The topological polar surface area (TPSA) is 33.2 Å². The molecule has 3 nitrogen and oxygen atoms in total. The third-order valence-electron chi connectivity index (χ3n) is 4.95. The molecule has 1 aromatic heterocycles. The van der Waals surface area contributed by atoms with E-state index in [4.69, 9.17) is 0 Å². The summed E-state index contributed by atoms with van der Waals surface area (Å²) in [7, 11) is 0. The molecule has 0 spiro atoms. The molecule has 0 aliphatic carbocycles. The van der Waals surface area contributed by atoms with E-state index < -0.39 is 0 Å². The molecular formula is C21H21FN2OS. The second kappa shape index (κ2) is 7.54. The molecule has 1 unspecified atom stereocenters. The van der Waals surface area contributed by atoms with Crippen LogP contribution < -0.4 is 0 Å². The lowest BCUT2D eigenvalue weighted by Crippen LogP contribution is -2.30. The van der Waals surface area contributed by atoms with Crippen molar-refractivity contribution in [3.63, 3.8) is 0 Å². The van der Waals surface area contributed by atoms with Crippen LogP contribution in [-0.2, 0) is 11.2 Å². The number of benzene rings is 2. The van der Waals surface area contributed by atoms with Crippen molar-refractivity contribution >= 4 is 27.5 Å². The van der Waals surface area contributed by atoms with Crippen molar-refractivity contribution in [2.24, 2.45) is 0 Å². The van der Waals surface area contributed by atoms with E-state index >= 15 is 0 Å². The zero-order valence-corrected chi connectivity index (χ0v) is 15.3. The molecule has 1 aliphatic heterocycles. The molecule has 1 aliphatic rings. The molecule has 1 amide bonds. The fraction of sp³-hybridized carbons (Fsp3) is 0.333. The summed E-state index contributed by atoms with van der Waals surface area (Å²) < 4.78 is 14.3. The highest BCUT2D eigenvalue weighted by Gasteiger charge is 2.29. The second-order valence-corrected chi connectivity index (χ2v) is 7.84. The van der Waals surface area contributed by atoms with Crippen molar-refractivity contribution in [2.45, 2.75) is 38.1 Å². The Morgan fingerprint density at radius 3 is 2.81 bits per heavy atom. The standard InChI is InChI=1S/C21H21FN2OS/c22-16-12-10-15(11-13-16)18-6-4-14-24(18)21(25)9-3-8-20-23-17-5-1-2-7-19(17)26-20/h1-2,5,7,10-13,18H,3-4,6,8-9,14H2. The van der Waals surface area contributed by atoms with Gasteiger partial charge in [-0.25, -0.2) is 9.37 Å². The number of halogens is 1. The number of fused-ring (bicyclic) bond motifs is 1. The van der Waals surface area contributed by atoms with Crippen molar-refractivity contribution < 1.29 is 9.18 Å². The van der Waals surface area contributed by atoms with Gasteiger partial charge in [0.1, 0.15) is 5.82 Å². The smallest absolute Gasteiger partial charge is 0.223 e. The fourth-order valence-corrected chi connectivity index (χ4v) is 4.67. The monoisotopic (exact) mass is 368 g/mol. The Bertz CT molecular complexity index is 873. The molecule has 0 bridgehead atoms. The third kappa shape index (κ3) is 3.63. The number of hydrogen-bond donors (Lipinski definition) is 0. The first kappa shape index (κ1) is 17.2. The van der Waals surface area contributed by atoms with Gasteiger partial charge in [-0.1, -0.05) is 24.3 Å². The zero-order valence-electron chi connectivity index (χ0n) is 14.5. The number of likely N-dealkylation sites (tertiary alicyclic amines) is 1. The molecule has 0 saturated carbocycles. The summed E-state index contributed by atoms with van der Waals surface area (Å²) in [6.45, 7) is 0.794. The molecule has 4 rings (SSSR count). The number of nitrogens with zero attached hydrogens (tertiary/aromatic N) is 2. The van der Waals surface area contributed by atoms with Crippen LogP contribution in [0.4, 0.5) is 4.39 Å². The van der Waals surface area contributed by atoms with Crippen LogP contribution in [0.1, 0.15) is 42.3 Å². The molecule has 1 atom stereocenters. The highest BCUT2D eigenvalue weighted by Crippen LogP contribution is 2.32. The van der Waals surface area contributed by atoms with Gasteiger partial charge in [0.15, 0.2) is 0 Å². The molecule has 5 heteroatoms. The number of carbonyl (C=O) groups excluding carboxylic acids is 1. The minimum Gasteiger partial charge on any atom is -0.336 e. The molecule has 2 heterocycles. The van der Waals surface area contributed by atoms with Crippen molar-refractivity contribution in [3.05, 3.63) is 64.9 Å². The maximum absolute atomic E-state index is 13.1. The van der Waals surface area contributed by atoms with Crippen LogP contribution in [0.15, 0.2) is 48.5 Å². The summed E-state index contributed by atoms with van der Waals surface area (Å²) in [6.07, 6.45) is 4.14. The summed E-state index contributed by atoms with van der Waals surface area (Å²) in [5.41, 5.74) is 2.07. The van der Waals surface area contributed by atoms with Gasteiger partial charge in [-0.05, 0) is 55.5 Å². The van der Waals surface area contributed by atoms with E-state index in [9.17, 15) is 9.18 Å². The summed E-state index contributed by atoms with van der Waals surface area (Å²) in [6, 6.07) is 14.8. The van der Waals surface area contributed by atoms with E-state index in [-0.39, 0.29) is 17.8 Å². The first-order valence-electron chi connectivity index (χ1n) is 9.10. The van der Waals surface area contributed by atoms with Crippen LogP contribution in [0.25, 0.3) is 10.2 Å². The zero-order chi connectivity index (χ0) is 17.9. The minimum absolute atomic E-state index is 0.0885. The summed E-state index contributed by atoms with van der Waals surface area (Å²) >= 11 is 1.71. The number of rotatable bonds is 5. The second-order valence-electron chi connectivity index (χ2n) is 6.73. The summed E-state index contributed by atoms with van der Waals surface area (Å²) in [4.78, 5) is 19.3. The Labute approximate surface area is 156 Å². The fourth-order valence-electron chi connectivity index (χ4n) is 3.66. The molecule has 1 saturated heterocycles. The number of para-hydroxylation sites is 1. The largest absolute Gasteiger partial charge is 0.336 e. The third-order valence-corrected chi connectivity index (χ3v) is 6.04. The first-order chi connectivity index (χ1) is 12.7. The SMILES string of the molecule is O=C(CCCc1nc2ccccc2s1)N1CCCC1c1ccc(F)cc1. The molecule has 134 valence electrons. The normalized spacial score (nSPS) is 17.1. The molecule has 1 fully saturated rings. The molecule has 0 radical (unpaired) electrons.